The summed E-state index contributed by atoms with van der Waals surface area (Å²) < 4.78 is 0. The quantitative estimate of drug-likeness (QED) is 0.774. The van der Waals surface area contributed by atoms with E-state index in [2.05, 4.69) is 35.2 Å². The van der Waals surface area contributed by atoms with E-state index in [9.17, 15) is 0 Å². The molecule has 0 N–H and O–H groups in total. The van der Waals surface area contributed by atoms with Crippen LogP contribution in [0.25, 0.3) is 0 Å². The minimum Gasteiger partial charge on any atom is -0.258 e. The van der Waals surface area contributed by atoms with E-state index in [0.29, 0.717) is 0 Å². The van der Waals surface area contributed by atoms with Crippen LogP contribution in [0.3, 0.4) is 0 Å². The molecule has 1 aliphatic rings. The van der Waals surface area contributed by atoms with Crippen LogP contribution in [-0.2, 0) is 0 Å². The van der Waals surface area contributed by atoms with Gasteiger partial charge < -0.3 is 0 Å². The number of hydrazone groups is 1. The summed E-state index contributed by atoms with van der Waals surface area (Å²) in [5.74, 6) is 0. The normalized spacial score (nSPS) is 18.5. The number of benzene rings is 2. The standard InChI is InChI=1S/C16H15ClN2/c1-12-10-16(13-6-5-7-14(17)11-13)19(18-12)15-8-3-2-4-9-15/h2-9,11,16H,10H2,1H3/t16-/m0/s1. The first-order valence-electron chi connectivity index (χ1n) is 6.38. The first-order valence-corrected chi connectivity index (χ1v) is 6.75. The second kappa shape index (κ2) is 5.06. The molecule has 0 bridgehead atoms. The Hall–Kier alpha value is -1.80. The minimum atomic E-state index is 0.237. The van der Waals surface area contributed by atoms with Crippen LogP contribution in [0.15, 0.2) is 59.7 Å². The molecule has 1 atom stereocenters. The summed E-state index contributed by atoms with van der Waals surface area (Å²) in [6, 6.07) is 18.5. The lowest BCUT2D eigenvalue weighted by Gasteiger charge is -2.24. The van der Waals surface area contributed by atoms with Gasteiger partial charge in [-0.3, -0.25) is 5.01 Å². The van der Waals surface area contributed by atoms with Gasteiger partial charge in [0.1, 0.15) is 0 Å². The van der Waals surface area contributed by atoms with Crippen molar-refractivity contribution in [1.29, 1.82) is 0 Å². The smallest absolute Gasteiger partial charge is 0.0828 e. The van der Waals surface area contributed by atoms with Crippen molar-refractivity contribution < 1.29 is 0 Å². The van der Waals surface area contributed by atoms with Gasteiger partial charge in [-0.25, -0.2) is 0 Å². The molecule has 1 heterocycles. The zero-order valence-electron chi connectivity index (χ0n) is 10.8. The Kier molecular flexibility index (Phi) is 3.26. The zero-order chi connectivity index (χ0) is 13.2. The summed E-state index contributed by atoms with van der Waals surface area (Å²) in [6.45, 7) is 2.07. The van der Waals surface area contributed by atoms with E-state index in [1.807, 2.05) is 36.4 Å². The molecule has 3 rings (SSSR count). The largest absolute Gasteiger partial charge is 0.258 e. The molecule has 19 heavy (non-hydrogen) atoms. The third-order valence-corrected chi connectivity index (χ3v) is 3.55. The molecule has 0 aromatic heterocycles. The van der Waals surface area contributed by atoms with Crippen molar-refractivity contribution in [2.45, 2.75) is 19.4 Å². The molecular formula is C16H15ClN2. The molecule has 0 amide bonds. The van der Waals surface area contributed by atoms with Crippen LogP contribution in [-0.4, -0.2) is 5.71 Å². The summed E-state index contributed by atoms with van der Waals surface area (Å²) in [5.41, 5.74) is 3.47. The van der Waals surface area contributed by atoms with Gasteiger partial charge in [-0.2, -0.15) is 5.10 Å². The maximum Gasteiger partial charge on any atom is 0.0828 e. The van der Waals surface area contributed by atoms with Gasteiger partial charge in [0.2, 0.25) is 0 Å². The second-order valence-corrected chi connectivity index (χ2v) is 5.23. The Bertz CT molecular complexity index is 607. The average Bonchev–Trinajstić information content (AvgIpc) is 2.82. The first kappa shape index (κ1) is 12.2. The van der Waals surface area contributed by atoms with Crippen molar-refractivity contribution in [2.75, 3.05) is 5.01 Å². The molecule has 0 saturated heterocycles. The molecule has 3 heteroatoms. The maximum atomic E-state index is 6.10. The highest BCUT2D eigenvalue weighted by atomic mass is 35.5. The molecule has 1 aliphatic heterocycles. The van der Waals surface area contributed by atoms with Crippen LogP contribution in [0.2, 0.25) is 5.02 Å². The summed E-state index contributed by atoms with van der Waals surface area (Å²) in [4.78, 5) is 0. The minimum absolute atomic E-state index is 0.237. The van der Waals surface area contributed by atoms with Gasteiger partial charge in [-0.1, -0.05) is 41.9 Å². The predicted molar refractivity (Wildman–Crippen MR) is 80.8 cm³/mol. The third-order valence-electron chi connectivity index (χ3n) is 3.32. The molecule has 0 spiro atoms. The van der Waals surface area contributed by atoms with E-state index in [1.165, 1.54) is 5.56 Å². The third kappa shape index (κ3) is 2.49. The second-order valence-electron chi connectivity index (χ2n) is 4.79. The van der Waals surface area contributed by atoms with Gasteiger partial charge >= 0.3 is 0 Å². The van der Waals surface area contributed by atoms with E-state index in [-0.39, 0.29) is 6.04 Å². The molecule has 0 saturated carbocycles. The van der Waals surface area contributed by atoms with Gasteiger partial charge in [0.05, 0.1) is 11.7 Å². The summed E-state index contributed by atoms with van der Waals surface area (Å²) in [6.07, 6.45) is 0.940. The Labute approximate surface area is 118 Å². The highest BCUT2D eigenvalue weighted by molar-refractivity contribution is 6.30. The monoisotopic (exact) mass is 270 g/mol. The van der Waals surface area contributed by atoms with Crippen LogP contribution in [0.1, 0.15) is 24.9 Å². The molecule has 0 unspecified atom stereocenters. The fourth-order valence-corrected chi connectivity index (χ4v) is 2.65. The molecule has 0 radical (unpaired) electrons. The van der Waals surface area contributed by atoms with Crippen LogP contribution >= 0.6 is 11.6 Å². The number of anilines is 1. The number of nitrogens with zero attached hydrogens (tertiary/aromatic N) is 2. The van der Waals surface area contributed by atoms with Gasteiger partial charge in [-0.05, 0) is 36.8 Å². The van der Waals surface area contributed by atoms with Crippen LogP contribution in [0, 0.1) is 0 Å². The van der Waals surface area contributed by atoms with Gasteiger partial charge in [0.25, 0.3) is 0 Å². The van der Waals surface area contributed by atoms with E-state index in [4.69, 9.17) is 11.6 Å². The van der Waals surface area contributed by atoms with E-state index in [1.54, 1.807) is 0 Å². The lowest BCUT2D eigenvalue weighted by atomic mass is 10.0. The van der Waals surface area contributed by atoms with Crippen molar-refractivity contribution in [3.05, 3.63) is 65.2 Å². The summed E-state index contributed by atoms with van der Waals surface area (Å²) in [5, 5.41) is 7.51. The lowest BCUT2D eigenvalue weighted by molar-refractivity contribution is 0.709. The Morgan fingerprint density at radius 3 is 2.63 bits per heavy atom. The first-order chi connectivity index (χ1) is 9.24. The van der Waals surface area contributed by atoms with E-state index >= 15 is 0 Å². The van der Waals surface area contributed by atoms with Crippen LogP contribution in [0.4, 0.5) is 5.69 Å². The Balaban J connectivity index is 1.98. The molecule has 0 fully saturated rings. The predicted octanol–water partition coefficient (Wildman–Crippen LogP) is 4.67. The highest BCUT2D eigenvalue weighted by Gasteiger charge is 2.27. The van der Waals surface area contributed by atoms with Crippen LogP contribution in [0.5, 0.6) is 0 Å². The van der Waals surface area contributed by atoms with E-state index in [0.717, 1.165) is 22.8 Å². The average molecular weight is 271 g/mol. The zero-order valence-corrected chi connectivity index (χ0v) is 11.5. The fourth-order valence-electron chi connectivity index (χ4n) is 2.45. The van der Waals surface area contributed by atoms with Crippen molar-refractivity contribution in [3.63, 3.8) is 0 Å². The highest BCUT2D eigenvalue weighted by Crippen LogP contribution is 2.35. The number of hydrogen-bond acceptors (Lipinski definition) is 2. The van der Waals surface area contributed by atoms with Gasteiger partial charge in [0.15, 0.2) is 0 Å². The van der Waals surface area contributed by atoms with Crippen molar-refractivity contribution in [3.8, 4) is 0 Å². The number of para-hydroxylation sites is 1. The molecule has 0 aliphatic carbocycles. The number of halogens is 1. The molecule has 2 aromatic rings. The molecule has 96 valence electrons. The van der Waals surface area contributed by atoms with Gasteiger partial charge in [0, 0.05) is 17.2 Å². The molecule has 2 nitrogen and oxygen atoms in total. The SMILES string of the molecule is CC1=NN(c2ccccc2)[C@H](c2cccc(Cl)c2)C1. The Morgan fingerprint density at radius 2 is 1.89 bits per heavy atom. The summed E-state index contributed by atoms with van der Waals surface area (Å²) >= 11 is 6.10. The molecule has 2 aromatic carbocycles. The summed E-state index contributed by atoms with van der Waals surface area (Å²) in [7, 11) is 0. The topological polar surface area (TPSA) is 15.6 Å². The number of rotatable bonds is 2. The van der Waals surface area contributed by atoms with Crippen molar-refractivity contribution in [2.24, 2.45) is 5.10 Å². The van der Waals surface area contributed by atoms with Crippen LogP contribution < -0.4 is 5.01 Å². The van der Waals surface area contributed by atoms with Crippen molar-refractivity contribution >= 4 is 23.0 Å². The Morgan fingerprint density at radius 1 is 1.11 bits per heavy atom. The number of hydrogen-bond donors (Lipinski definition) is 0. The fraction of sp³-hybridized carbons (Fsp3) is 0.188. The van der Waals surface area contributed by atoms with Gasteiger partial charge in [-0.15, -0.1) is 0 Å². The van der Waals surface area contributed by atoms with E-state index < -0.39 is 0 Å². The maximum absolute atomic E-state index is 6.10. The van der Waals surface area contributed by atoms with Crippen molar-refractivity contribution in [1.82, 2.24) is 0 Å². The molecular weight excluding hydrogens is 256 g/mol. The lowest BCUT2D eigenvalue weighted by Crippen LogP contribution is -2.18.